The molecule has 1 aromatic carbocycles. The Hall–Kier alpha value is -3.32. The highest BCUT2D eigenvalue weighted by Crippen LogP contribution is 2.24. The van der Waals surface area contributed by atoms with Crippen molar-refractivity contribution < 1.29 is 4.79 Å². The van der Waals surface area contributed by atoms with Crippen LogP contribution in [0.4, 0.5) is 0 Å². The predicted octanol–water partition coefficient (Wildman–Crippen LogP) is 3.23. The number of pyridine rings is 1. The number of thiophene rings is 1. The lowest BCUT2D eigenvalue weighted by Gasteiger charge is -2.08. The van der Waals surface area contributed by atoms with Crippen molar-refractivity contribution in [1.29, 1.82) is 0 Å². The van der Waals surface area contributed by atoms with E-state index in [0.717, 1.165) is 16.0 Å². The lowest BCUT2D eigenvalue weighted by atomic mass is 10.2. The third kappa shape index (κ3) is 3.99. The van der Waals surface area contributed by atoms with Crippen molar-refractivity contribution in [2.24, 2.45) is 0 Å². The molecule has 7 heteroatoms. The number of carbonyl (C=O) groups excluding carboxylic acids is 1. The maximum Gasteiger partial charge on any atom is 0.261 e. The fraction of sp³-hybridized carbons (Fsp3) is 0.143. The summed E-state index contributed by atoms with van der Waals surface area (Å²) in [6, 6.07) is 13.3. The molecule has 0 atom stereocenters. The highest BCUT2D eigenvalue weighted by Gasteiger charge is 2.07. The highest BCUT2D eigenvalue weighted by molar-refractivity contribution is 7.13. The third-order valence-corrected chi connectivity index (χ3v) is 5.32. The Morgan fingerprint density at radius 1 is 1.14 bits per heavy atom. The van der Waals surface area contributed by atoms with Crippen LogP contribution in [0.2, 0.25) is 0 Å². The second-order valence-corrected chi connectivity index (χ2v) is 7.29. The minimum atomic E-state index is -0.133. The van der Waals surface area contributed by atoms with Gasteiger partial charge in [0, 0.05) is 42.3 Å². The molecule has 4 rings (SSSR count). The average molecular weight is 390 g/mol. The van der Waals surface area contributed by atoms with Crippen molar-refractivity contribution >= 4 is 28.1 Å². The van der Waals surface area contributed by atoms with Crippen LogP contribution in [0, 0.1) is 0 Å². The number of nitrogens with zero attached hydrogens (tertiary/aromatic N) is 3. The molecule has 1 amide bonds. The second kappa shape index (κ2) is 8.14. The number of aryl methyl sites for hydroxylation is 1. The average Bonchev–Trinajstić information content (AvgIpc) is 3.27. The van der Waals surface area contributed by atoms with Crippen LogP contribution in [0.5, 0.6) is 0 Å². The van der Waals surface area contributed by atoms with E-state index in [1.54, 1.807) is 35.7 Å². The molecule has 140 valence electrons. The number of hydrogen-bond donors (Lipinski definition) is 1. The van der Waals surface area contributed by atoms with Crippen molar-refractivity contribution in [3.8, 4) is 10.4 Å². The number of carbonyl (C=O) groups is 1. The van der Waals surface area contributed by atoms with E-state index in [0.29, 0.717) is 17.4 Å². The van der Waals surface area contributed by atoms with Crippen LogP contribution in [0.15, 0.2) is 71.4 Å². The molecular weight excluding hydrogens is 372 g/mol. The van der Waals surface area contributed by atoms with Gasteiger partial charge in [0.2, 0.25) is 5.91 Å². The molecule has 0 fully saturated rings. The lowest BCUT2D eigenvalue weighted by Crippen LogP contribution is -2.27. The lowest BCUT2D eigenvalue weighted by molar-refractivity contribution is -0.121. The van der Waals surface area contributed by atoms with Gasteiger partial charge in [0.15, 0.2) is 0 Å². The van der Waals surface area contributed by atoms with Gasteiger partial charge in [-0.05, 0) is 35.2 Å². The third-order valence-electron chi connectivity index (χ3n) is 4.40. The van der Waals surface area contributed by atoms with Gasteiger partial charge in [0.25, 0.3) is 5.56 Å². The van der Waals surface area contributed by atoms with Crippen LogP contribution >= 0.6 is 11.3 Å². The maximum absolute atomic E-state index is 12.5. The molecule has 28 heavy (non-hydrogen) atoms. The number of benzene rings is 1. The monoisotopic (exact) mass is 390 g/mol. The number of fused-ring (bicyclic) bond motifs is 1. The van der Waals surface area contributed by atoms with E-state index in [2.05, 4.69) is 15.3 Å². The molecule has 0 saturated carbocycles. The van der Waals surface area contributed by atoms with Crippen molar-refractivity contribution in [2.75, 3.05) is 0 Å². The Bertz CT molecular complexity index is 1170. The SMILES string of the molecule is O=C(CCn1cnc2ccccc2c1=O)NCc1cncc(-c2cccs2)c1. The Balaban J connectivity index is 1.36. The molecule has 0 unspecified atom stereocenters. The summed E-state index contributed by atoms with van der Waals surface area (Å²) >= 11 is 1.65. The van der Waals surface area contributed by atoms with Crippen LogP contribution in [0.3, 0.4) is 0 Å². The summed E-state index contributed by atoms with van der Waals surface area (Å²) in [5.41, 5.74) is 2.50. The Kier molecular flexibility index (Phi) is 5.25. The Morgan fingerprint density at radius 2 is 2.04 bits per heavy atom. The summed E-state index contributed by atoms with van der Waals surface area (Å²) in [7, 11) is 0. The summed E-state index contributed by atoms with van der Waals surface area (Å²) in [6.07, 6.45) is 5.26. The van der Waals surface area contributed by atoms with Gasteiger partial charge in [0.1, 0.15) is 0 Å². The van der Waals surface area contributed by atoms with E-state index in [9.17, 15) is 9.59 Å². The number of amides is 1. The number of nitrogens with one attached hydrogen (secondary N) is 1. The number of hydrogen-bond acceptors (Lipinski definition) is 5. The zero-order valence-electron chi connectivity index (χ0n) is 15.0. The van der Waals surface area contributed by atoms with Crippen LogP contribution in [-0.4, -0.2) is 20.4 Å². The van der Waals surface area contributed by atoms with E-state index in [4.69, 9.17) is 0 Å². The van der Waals surface area contributed by atoms with Gasteiger partial charge in [-0.2, -0.15) is 0 Å². The summed E-state index contributed by atoms with van der Waals surface area (Å²) < 4.78 is 1.47. The topological polar surface area (TPSA) is 76.9 Å². The number of aromatic nitrogens is 3. The van der Waals surface area contributed by atoms with E-state index >= 15 is 0 Å². The summed E-state index contributed by atoms with van der Waals surface area (Å²) in [5, 5.41) is 5.47. The summed E-state index contributed by atoms with van der Waals surface area (Å²) in [4.78, 5) is 34.3. The molecule has 1 N–H and O–H groups in total. The van der Waals surface area contributed by atoms with Crippen molar-refractivity contribution in [2.45, 2.75) is 19.5 Å². The number of rotatable bonds is 6. The van der Waals surface area contributed by atoms with Crippen LogP contribution in [0.1, 0.15) is 12.0 Å². The fourth-order valence-corrected chi connectivity index (χ4v) is 3.65. The van der Waals surface area contributed by atoms with Gasteiger partial charge in [-0.15, -0.1) is 11.3 Å². The van der Waals surface area contributed by atoms with E-state index in [1.807, 2.05) is 35.8 Å². The van der Waals surface area contributed by atoms with Crippen molar-refractivity contribution in [3.63, 3.8) is 0 Å². The maximum atomic E-state index is 12.5. The molecule has 0 saturated heterocycles. The van der Waals surface area contributed by atoms with Gasteiger partial charge in [-0.25, -0.2) is 4.98 Å². The molecule has 6 nitrogen and oxygen atoms in total. The zero-order chi connectivity index (χ0) is 19.3. The first kappa shape index (κ1) is 18.1. The number of para-hydroxylation sites is 1. The van der Waals surface area contributed by atoms with Gasteiger partial charge in [-0.1, -0.05) is 18.2 Å². The largest absolute Gasteiger partial charge is 0.352 e. The first-order valence-electron chi connectivity index (χ1n) is 8.89. The molecule has 0 aliphatic carbocycles. The second-order valence-electron chi connectivity index (χ2n) is 6.35. The van der Waals surface area contributed by atoms with Gasteiger partial charge < -0.3 is 5.32 Å². The minimum Gasteiger partial charge on any atom is -0.352 e. The quantitative estimate of drug-likeness (QED) is 0.548. The van der Waals surface area contributed by atoms with E-state index in [-0.39, 0.29) is 24.4 Å². The predicted molar refractivity (Wildman–Crippen MR) is 110 cm³/mol. The molecule has 3 aromatic heterocycles. The van der Waals surface area contributed by atoms with Crippen LogP contribution < -0.4 is 10.9 Å². The Morgan fingerprint density at radius 3 is 2.89 bits per heavy atom. The molecule has 0 spiro atoms. The first-order valence-corrected chi connectivity index (χ1v) is 9.77. The van der Waals surface area contributed by atoms with Gasteiger partial charge in [0.05, 0.1) is 17.2 Å². The smallest absolute Gasteiger partial charge is 0.261 e. The van der Waals surface area contributed by atoms with Crippen LogP contribution in [-0.2, 0) is 17.9 Å². The highest BCUT2D eigenvalue weighted by atomic mass is 32.1. The molecular formula is C21H18N4O2S. The van der Waals surface area contributed by atoms with E-state index in [1.165, 1.54) is 10.9 Å². The molecule has 4 aromatic rings. The molecule has 0 aliphatic heterocycles. The van der Waals surface area contributed by atoms with Crippen LogP contribution in [0.25, 0.3) is 21.3 Å². The zero-order valence-corrected chi connectivity index (χ0v) is 15.9. The summed E-state index contributed by atoms with van der Waals surface area (Å²) in [6.45, 7) is 0.686. The molecule has 0 bridgehead atoms. The fourth-order valence-electron chi connectivity index (χ4n) is 2.94. The van der Waals surface area contributed by atoms with E-state index < -0.39 is 0 Å². The van der Waals surface area contributed by atoms with Gasteiger partial charge >= 0.3 is 0 Å². The molecule has 3 heterocycles. The van der Waals surface area contributed by atoms with Gasteiger partial charge in [-0.3, -0.25) is 19.1 Å². The minimum absolute atomic E-state index is 0.124. The standard InChI is InChI=1S/C21H18N4O2S/c26-20(7-8-25-14-24-18-5-2-1-4-17(18)21(25)27)23-12-15-10-16(13-22-11-15)19-6-3-9-28-19/h1-6,9-11,13-14H,7-8,12H2,(H,23,26). The van der Waals surface area contributed by atoms with Crippen molar-refractivity contribution in [1.82, 2.24) is 19.9 Å². The molecule has 0 aliphatic rings. The van der Waals surface area contributed by atoms with Crippen molar-refractivity contribution in [3.05, 3.63) is 82.5 Å². The normalized spacial score (nSPS) is 10.9. The summed E-state index contributed by atoms with van der Waals surface area (Å²) in [5.74, 6) is -0.124. The Labute approximate surface area is 165 Å². The molecule has 0 radical (unpaired) electrons. The first-order chi connectivity index (χ1) is 13.7.